The first-order valence-corrected chi connectivity index (χ1v) is 8.08. The smallest absolute Gasteiger partial charge is 0.234 e. The molecule has 0 saturated heterocycles. The summed E-state index contributed by atoms with van der Waals surface area (Å²) in [5.41, 5.74) is 1.35. The monoisotopic (exact) mass is 346 g/mol. The van der Waals surface area contributed by atoms with Crippen LogP contribution in [0.4, 0.5) is 0 Å². The second-order valence-electron chi connectivity index (χ2n) is 4.60. The van der Waals surface area contributed by atoms with Gasteiger partial charge >= 0.3 is 0 Å². The number of hydrogen-bond donors (Lipinski definition) is 2. The third kappa shape index (κ3) is 4.27. The summed E-state index contributed by atoms with van der Waals surface area (Å²) in [7, 11) is 1.63. The second kappa shape index (κ2) is 7.38. The summed E-state index contributed by atoms with van der Waals surface area (Å²) < 4.78 is 6.07. The summed E-state index contributed by atoms with van der Waals surface area (Å²) in [4.78, 5) is 13.1. The number of rotatable bonds is 6. The quantitative estimate of drug-likeness (QED) is 0.776. The Morgan fingerprint density at radius 1 is 1.63 bits per heavy atom. The van der Waals surface area contributed by atoms with Crippen LogP contribution in [0, 0.1) is 0 Å². The van der Waals surface area contributed by atoms with Crippen molar-refractivity contribution in [1.82, 2.24) is 10.6 Å². The fourth-order valence-electron chi connectivity index (χ4n) is 2.30. The molecule has 0 radical (unpaired) electrons. The number of carbonyl (C=O) groups excluding carboxylic acids is 1. The summed E-state index contributed by atoms with van der Waals surface area (Å²) in [6, 6.07) is 2.49. The van der Waals surface area contributed by atoms with E-state index in [2.05, 4.69) is 32.6 Å². The van der Waals surface area contributed by atoms with Gasteiger partial charge in [-0.25, -0.2) is 0 Å². The van der Waals surface area contributed by atoms with Crippen molar-refractivity contribution in [3.05, 3.63) is 20.3 Å². The van der Waals surface area contributed by atoms with Crippen LogP contribution in [-0.2, 0) is 16.0 Å². The van der Waals surface area contributed by atoms with Crippen LogP contribution in [0.15, 0.2) is 9.85 Å². The lowest BCUT2D eigenvalue weighted by Crippen LogP contribution is -2.37. The molecule has 0 spiro atoms. The van der Waals surface area contributed by atoms with Crippen molar-refractivity contribution >= 4 is 33.2 Å². The Balaban J connectivity index is 1.82. The maximum absolute atomic E-state index is 11.6. The lowest BCUT2D eigenvalue weighted by Gasteiger charge is -2.23. The Kier molecular flexibility index (Phi) is 5.81. The van der Waals surface area contributed by atoms with Gasteiger partial charge in [-0.1, -0.05) is 0 Å². The Bertz CT molecular complexity index is 436. The number of ether oxygens (including phenoxy) is 1. The van der Waals surface area contributed by atoms with Gasteiger partial charge in [0.15, 0.2) is 0 Å². The van der Waals surface area contributed by atoms with Gasteiger partial charge in [0.05, 0.1) is 16.9 Å². The Morgan fingerprint density at radius 3 is 3.26 bits per heavy atom. The van der Waals surface area contributed by atoms with Crippen LogP contribution in [-0.4, -0.2) is 32.7 Å². The van der Waals surface area contributed by atoms with Crippen LogP contribution >= 0.6 is 27.3 Å². The van der Waals surface area contributed by atoms with Crippen molar-refractivity contribution in [3.8, 4) is 0 Å². The van der Waals surface area contributed by atoms with E-state index in [0.29, 0.717) is 25.7 Å². The van der Waals surface area contributed by atoms with E-state index in [0.717, 1.165) is 12.8 Å². The van der Waals surface area contributed by atoms with Crippen molar-refractivity contribution in [3.63, 3.8) is 0 Å². The minimum Gasteiger partial charge on any atom is -0.383 e. The first kappa shape index (κ1) is 15.0. The molecule has 2 rings (SSSR count). The predicted octanol–water partition coefficient (Wildman–Crippen LogP) is 2.24. The van der Waals surface area contributed by atoms with E-state index < -0.39 is 0 Å². The fourth-order valence-corrected chi connectivity index (χ4v) is 4.12. The number of carbonyl (C=O) groups is 1. The van der Waals surface area contributed by atoms with Crippen LogP contribution in [0.25, 0.3) is 0 Å². The molecule has 1 aliphatic rings. The van der Waals surface area contributed by atoms with Crippen molar-refractivity contribution in [2.24, 2.45) is 0 Å². The lowest BCUT2D eigenvalue weighted by atomic mass is 9.94. The molecule has 1 heterocycles. The molecule has 0 fully saturated rings. The van der Waals surface area contributed by atoms with E-state index in [1.165, 1.54) is 20.6 Å². The van der Waals surface area contributed by atoms with Crippen molar-refractivity contribution < 1.29 is 9.53 Å². The van der Waals surface area contributed by atoms with Gasteiger partial charge in [-0.3, -0.25) is 4.79 Å². The van der Waals surface area contributed by atoms with Crippen LogP contribution in [0.2, 0.25) is 0 Å². The molecule has 1 atom stereocenters. The highest BCUT2D eigenvalue weighted by atomic mass is 79.9. The number of hydrogen-bond acceptors (Lipinski definition) is 4. The van der Waals surface area contributed by atoms with Crippen molar-refractivity contribution in [1.29, 1.82) is 0 Å². The Hall–Kier alpha value is -0.430. The number of aryl methyl sites for hydroxylation is 1. The van der Waals surface area contributed by atoms with Gasteiger partial charge < -0.3 is 15.4 Å². The van der Waals surface area contributed by atoms with E-state index in [1.54, 1.807) is 18.4 Å². The zero-order chi connectivity index (χ0) is 13.7. The molecule has 2 N–H and O–H groups in total. The fraction of sp³-hybridized carbons (Fsp3) is 0.615. The lowest BCUT2D eigenvalue weighted by molar-refractivity contribution is -0.120. The van der Waals surface area contributed by atoms with E-state index in [1.807, 2.05) is 0 Å². The largest absolute Gasteiger partial charge is 0.383 e. The minimum absolute atomic E-state index is 0.0264. The highest BCUT2D eigenvalue weighted by Crippen LogP contribution is 2.37. The van der Waals surface area contributed by atoms with Crippen LogP contribution in [0.5, 0.6) is 0 Å². The summed E-state index contributed by atoms with van der Waals surface area (Å²) in [6.07, 6.45) is 3.44. The van der Waals surface area contributed by atoms with E-state index in [4.69, 9.17) is 4.74 Å². The molecule has 1 amide bonds. The van der Waals surface area contributed by atoms with Crippen LogP contribution in [0.1, 0.15) is 29.3 Å². The topological polar surface area (TPSA) is 50.4 Å². The minimum atomic E-state index is 0.0264. The average Bonchev–Trinajstić information content (AvgIpc) is 2.77. The third-order valence-electron chi connectivity index (χ3n) is 3.22. The molecule has 1 aromatic heterocycles. The van der Waals surface area contributed by atoms with Gasteiger partial charge in [0, 0.05) is 24.6 Å². The van der Waals surface area contributed by atoms with Crippen molar-refractivity contribution in [2.75, 3.05) is 26.8 Å². The number of fused-ring (bicyclic) bond motifs is 1. The summed E-state index contributed by atoms with van der Waals surface area (Å²) in [6.45, 7) is 1.48. The Labute approximate surface area is 126 Å². The van der Waals surface area contributed by atoms with E-state index in [9.17, 15) is 4.79 Å². The average molecular weight is 347 g/mol. The zero-order valence-electron chi connectivity index (χ0n) is 11.0. The predicted molar refractivity (Wildman–Crippen MR) is 80.6 cm³/mol. The summed E-state index contributed by atoms with van der Waals surface area (Å²) in [5.74, 6) is 0.0264. The Morgan fingerprint density at radius 2 is 2.47 bits per heavy atom. The van der Waals surface area contributed by atoms with Gasteiger partial charge in [-0.2, -0.15) is 0 Å². The normalized spacial score (nSPS) is 18.1. The van der Waals surface area contributed by atoms with Gasteiger partial charge in [0.25, 0.3) is 0 Å². The molecule has 0 saturated carbocycles. The molecule has 106 valence electrons. The molecule has 1 unspecified atom stereocenters. The standard InChI is InChI=1S/C13H19BrN2O2S/c1-18-6-5-15-13(17)8-16-10-3-2-4-11-9(10)7-12(14)19-11/h7,10,16H,2-6,8H2,1H3,(H,15,17). The summed E-state index contributed by atoms with van der Waals surface area (Å²) in [5, 5.41) is 6.17. The molecular formula is C13H19BrN2O2S. The van der Waals surface area contributed by atoms with Crippen LogP contribution in [0.3, 0.4) is 0 Å². The zero-order valence-corrected chi connectivity index (χ0v) is 13.4. The van der Waals surface area contributed by atoms with Crippen LogP contribution < -0.4 is 10.6 Å². The highest BCUT2D eigenvalue weighted by Gasteiger charge is 2.22. The van der Waals surface area contributed by atoms with E-state index in [-0.39, 0.29) is 5.91 Å². The molecule has 19 heavy (non-hydrogen) atoms. The highest BCUT2D eigenvalue weighted by molar-refractivity contribution is 9.11. The number of nitrogens with one attached hydrogen (secondary N) is 2. The van der Waals surface area contributed by atoms with E-state index >= 15 is 0 Å². The number of halogens is 1. The number of methoxy groups -OCH3 is 1. The van der Waals surface area contributed by atoms with Crippen molar-refractivity contribution in [2.45, 2.75) is 25.3 Å². The molecular weight excluding hydrogens is 328 g/mol. The molecule has 0 aliphatic heterocycles. The van der Waals surface area contributed by atoms with Gasteiger partial charge in [-0.15, -0.1) is 11.3 Å². The van der Waals surface area contributed by atoms with Gasteiger partial charge in [0.2, 0.25) is 5.91 Å². The molecule has 0 aromatic carbocycles. The molecule has 6 heteroatoms. The number of thiophene rings is 1. The SMILES string of the molecule is COCCNC(=O)CNC1CCCc2sc(Br)cc21. The summed E-state index contributed by atoms with van der Waals surface area (Å²) >= 11 is 5.34. The first-order chi connectivity index (χ1) is 9.20. The maximum Gasteiger partial charge on any atom is 0.234 e. The molecule has 4 nitrogen and oxygen atoms in total. The second-order valence-corrected chi connectivity index (χ2v) is 7.11. The molecule has 1 aromatic rings. The molecule has 0 bridgehead atoms. The third-order valence-corrected chi connectivity index (χ3v) is 4.93. The molecule has 1 aliphatic carbocycles. The number of amides is 1. The maximum atomic E-state index is 11.6. The van der Waals surface area contributed by atoms with Gasteiger partial charge in [-0.05, 0) is 46.8 Å². The van der Waals surface area contributed by atoms with Gasteiger partial charge in [0.1, 0.15) is 0 Å². The first-order valence-electron chi connectivity index (χ1n) is 6.48.